The molecule has 2 rings (SSSR count). The van der Waals surface area contributed by atoms with E-state index in [1.165, 1.54) is 0 Å². The van der Waals surface area contributed by atoms with Gasteiger partial charge in [0, 0.05) is 6.42 Å². The zero-order valence-corrected chi connectivity index (χ0v) is 12.3. The SMILES string of the molecule is CC1C2CC(C(=O)OCCC(F)(F)CC(F)F)C(C2)C1C. The molecular formula is C15H22F4O2. The van der Waals surface area contributed by atoms with Crippen molar-refractivity contribution in [3.05, 3.63) is 0 Å². The van der Waals surface area contributed by atoms with Crippen LogP contribution < -0.4 is 0 Å². The van der Waals surface area contributed by atoms with Crippen LogP contribution in [0.3, 0.4) is 0 Å². The summed E-state index contributed by atoms with van der Waals surface area (Å²) in [4.78, 5) is 12.0. The van der Waals surface area contributed by atoms with Crippen LogP contribution in [0.1, 0.15) is 39.5 Å². The molecule has 0 amide bonds. The molecule has 0 aliphatic heterocycles. The van der Waals surface area contributed by atoms with Gasteiger partial charge in [0.25, 0.3) is 5.92 Å². The molecule has 0 spiro atoms. The van der Waals surface area contributed by atoms with E-state index in [9.17, 15) is 22.4 Å². The largest absolute Gasteiger partial charge is 0.465 e. The highest BCUT2D eigenvalue weighted by atomic mass is 19.3. The minimum absolute atomic E-state index is 0.204. The van der Waals surface area contributed by atoms with E-state index >= 15 is 0 Å². The van der Waals surface area contributed by atoms with Gasteiger partial charge in [-0.2, -0.15) is 0 Å². The minimum atomic E-state index is -3.48. The van der Waals surface area contributed by atoms with E-state index in [0.717, 1.165) is 12.8 Å². The van der Waals surface area contributed by atoms with Crippen LogP contribution in [-0.4, -0.2) is 24.9 Å². The lowest BCUT2D eigenvalue weighted by Gasteiger charge is -2.30. The number of ether oxygens (including phenoxy) is 1. The van der Waals surface area contributed by atoms with Crippen LogP contribution in [0.4, 0.5) is 17.6 Å². The highest BCUT2D eigenvalue weighted by Gasteiger charge is 2.51. The van der Waals surface area contributed by atoms with Gasteiger partial charge in [-0.05, 0) is 36.5 Å². The Bertz CT molecular complexity index is 384. The van der Waals surface area contributed by atoms with Crippen molar-refractivity contribution >= 4 is 5.97 Å². The number of esters is 1. The summed E-state index contributed by atoms with van der Waals surface area (Å²) >= 11 is 0. The van der Waals surface area contributed by atoms with Crippen molar-refractivity contribution in [1.29, 1.82) is 0 Å². The number of alkyl halides is 4. The molecule has 5 atom stereocenters. The Hall–Kier alpha value is -0.810. The summed E-state index contributed by atoms with van der Waals surface area (Å²) in [6, 6.07) is 0. The Kier molecular flexibility index (Phi) is 4.83. The van der Waals surface area contributed by atoms with E-state index in [4.69, 9.17) is 4.74 Å². The lowest BCUT2D eigenvalue weighted by atomic mass is 9.76. The maximum absolute atomic E-state index is 13.1. The lowest BCUT2D eigenvalue weighted by molar-refractivity contribution is -0.154. The van der Waals surface area contributed by atoms with E-state index in [2.05, 4.69) is 13.8 Å². The summed E-state index contributed by atoms with van der Waals surface area (Å²) in [5.41, 5.74) is 0. The van der Waals surface area contributed by atoms with Crippen LogP contribution in [0.2, 0.25) is 0 Å². The molecule has 2 bridgehead atoms. The van der Waals surface area contributed by atoms with E-state index in [0.29, 0.717) is 17.8 Å². The Morgan fingerprint density at radius 2 is 1.90 bits per heavy atom. The molecule has 2 nitrogen and oxygen atoms in total. The van der Waals surface area contributed by atoms with Crippen LogP contribution in [-0.2, 0) is 9.53 Å². The molecule has 0 N–H and O–H groups in total. The second kappa shape index (κ2) is 6.13. The number of hydrogen-bond donors (Lipinski definition) is 0. The molecule has 2 aliphatic carbocycles. The van der Waals surface area contributed by atoms with Crippen LogP contribution in [0.25, 0.3) is 0 Å². The van der Waals surface area contributed by atoms with Gasteiger partial charge in [-0.1, -0.05) is 13.8 Å². The summed E-state index contributed by atoms with van der Waals surface area (Å²) < 4.78 is 55.0. The fourth-order valence-electron chi connectivity index (χ4n) is 3.95. The van der Waals surface area contributed by atoms with Gasteiger partial charge in [0.05, 0.1) is 18.9 Å². The van der Waals surface area contributed by atoms with Gasteiger partial charge in [0.15, 0.2) is 0 Å². The topological polar surface area (TPSA) is 26.3 Å². The van der Waals surface area contributed by atoms with Crippen LogP contribution in [0.15, 0.2) is 0 Å². The summed E-state index contributed by atoms with van der Waals surface area (Å²) in [6.45, 7) is 3.81. The van der Waals surface area contributed by atoms with Gasteiger partial charge in [-0.3, -0.25) is 4.79 Å². The monoisotopic (exact) mass is 310 g/mol. The second-order valence-electron chi connectivity index (χ2n) is 6.59. The molecular weight excluding hydrogens is 288 g/mol. The third-order valence-electron chi connectivity index (χ3n) is 5.36. The smallest absolute Gasteiger partial charge is 0.309 e. The summed E-state index contributed by atoms with van der Waals surface area (Å²) in [6.07, 6.45) is -3.60. The average Bonchev–Trinajstić information content (AvgIpc) is 2.88. The highest BCUT2D eigenvalue weighted by Crippen LogP contribution is 2.55. The first-order valence-corrected chi connectivity index (χ1v) is 7.54. The van der Waals surface area contributed by atoms with Gasteiger partial charge in [-0.25, -0.2) is 17.6 Å². The van der Waals surface area contributed by atoms with Gasteiger partial charge in [0.2, 0.25) is 6.43 Å². The molecule has 2 fully saturated rings. The Labute approximate surface area is 122 Å². The first-order valence-electron chi connectivity index (χ1n) is 7.54. The number of halogens is 4. The number of rotatable bonds is 6. The van der Waals surface area contributed by atoms with Crippen LogP contribution in [0.5, 0.6) is 0 Å². The van der Waals surface area contributed by atoms with E-state index in [-0.39, 0.29) is 11.8 Å². The second-order valence-corrected chi connectivity index (χ2v) is 6.59. The van der Waals surface area contributed by atoms with Crippen molar-refractivity contribution in [3.63, 3.8) is 0 Å². The zero-order valence-electron chi connectivity index (χ0n) is 12.3. The highest BCUT2D eigenvalue weighted by molar-refractivity contribution is 5.73. The standard InChI is InChI=1S/C15H22F4O2/c1-8-9(2)11-5-10(8)6-12(11)14(20)21-4-3-15(18,19)7-13(16)17/h8-13H,3-7H2,1-2H3. The Balaban J connectivity index is 1.76. The number of hydrogen-bond acceptors (Lipinski definition) is 2. The van der Waals surface area contributed by atoms with Gasteiger partial charge in [0.1, 0.15) is 0 Å². The molecule has 0 aromatic carbocycles. The van der Waals surface area contributed by atoms with Crippen molar-refractivity contribution in [2.75, 3.05) is 6.61 Å². The third kappa shape index (κ3) is 3.69. The Morgan fingerprint density at radius 1 is 1.24 bits per heavy atom. The fourth-order valence-corrected chi connectivity index (χ4v) is 3.95. The molecule has 0 radical (unpaired) electrons. The third-order valence-corrected chi connectivity index (χ3v) is 5.36. The van der Waals surface area contributed by atoms with Crippen LogP contribution >= 0.6 is 0 Å². The molecule has 21 heavy (non-hydrogen) atoms. The molecule has 122 valence electrons. The summed E-state index contributed by atoms with van der Waals surface area (Å²) in [5, 5.41) is 0. The van der Waals surface area contributed by atoms with Gasteiger partial charge < -0.3 is 4.74 Å². The molecule has 0 aromatic heterocycles. The molecule has 2 aliphatic rings. The van der Waals surface area contributed by atoms with Crippen molar-refractivity contribution in [3.8, 4) is 0 Å². The summed E-state index contributed by atoms with van der Waals surface area (Å²) in [7, 11) is 0. The maximum Gasteiger partial charge on any atom is 0.309 e. The van der Waals surface area contributed by atoms with Crippen molar-refractivity contribution < 1.29 is 27.1 Å². The molecule has 6 heteroatoms. The maximum atomic E-state index is 13.1. The van der Waals surface area contributed by atoms with Crippen molar-refractivity contribution in [2.24, 2.45) is 29.6 Å². The van der Waals surface area contributed by atoms with E-state index < -0.39 is 37.8 Å². The van der Waals surface area contributed by atoms with Gasteiger partial charge >= 0.3 is 5.97 Å². The molecule has 2 saturated carbocycles. The normalized spacial score (nSPS) is 35.5. The molecule has 0 saturated heterocycles. The zero-order chi connectivity index (χ0) is 15.8. The van der Waals surface area contributed by atoms with E-state index in [1.54, 1.807) is 0 Å². The molecule has 0 aromatic rings. The number of carbonyl (C=O) groups is 1. The van der Waals surface area contributed by atoms with E-state index in [1.807, 2.05) is 0 Å². The fraction of sp³-hybridized carbons (Fsp3) is 0.933. The number of fused-ring (bicyclic) bond motifs is 2. The average molecular weight is 310 g/mol. The van der Waals surface area contributed by atoms with Crippen molar-refractivity contribution in [2.45, 2.75) is 51.9 Å². The predicted octanol–water partition coefficient (Wildman–Crippen LogP) is 4.14. The first-order chi connectivity index (χ1) is 9.71. The lowest BCUT2D eigenvalue weighted by Crippen LogP contribution is -2.32. The van der Waals surface area contributed by atoms with Crippen LogP contribution in [0, 0.1) is 29.6 Å². The van der Waals surface area contributed by atoms with Crippen molar-refractivity contribution in [1.82, 2.24) is 0 Å². The van der Waals surface area contributed by atoms with Gasteiger partial charge in [-0.15, -0.1) is 0 Å². The summed E-state index contributed by atoms with van der Waals surface area (Å²) in [5.74, 6) is -2.29. The quantitative estimate of drug-likeness (QED) is 0.544. The molecule has 0 heterocycles. The Morgan fingerprint density at radius 3 is 2.43 bits per heavy atom. The predicted molar refractivity (Wildman–Crippen MR) is 69.2 cm³/mol. The minimum Gasteiger partial charge on any atom is -0.465 e. The molecule has 5 unspecified atom stereocenters. The number of carbonyl (C=O) groups excluding carboxylic acids is 1. The first kappa shape index (κ1) is 16.6.